The first-order valence-corrected chi connectivity index (χ1v) is 7.57. The largest absolute Gasteiger partial charge is 0.384 e. The lowest BCUT2D eigenvalue weighted by Crippen LogP contribution is -2.15. The Morgan fingerprint density at radius 1 is 0.955 bits per heavy atom. The van der Waals surface area contributed by atoms with Gasteiger partial charge in [-0.15, -0.1) is 0 Å². The van der Waals surface area contributed by atoms with Crippen LogP contribution in [0.4, 0.5) is 0 Å². The van der Waals surface area contributed by atoms with E-state index in [1.54, 1.807) is 0 Å². The van der Waals surface area contributed by atoms with Crippen LogP contribution in [0.5, 0.6) is 0 Å². The van der Waals surface area contributed by atoms with Crippen LogP contribution in [0.25, 0.3) is 16.8 Å². The second kappa shape index (κ2) is 6.44. The summed E-state index contributed by atoms with van der Waals surface area (Å²) in [7, 11) is 0. The molecule has 1 aliphatic rings. The molecule has 0 aliphatic carbocycles. The lowest BCUT2D eigenvalue weighted by atomic mass is 9.99. The van der Waals surface area contributed by atoms with Gasteiger partial charge in [0.1, 0.15) is 0 Å². The third kappa shape index (κ3) is 3.17. The van der Waals surface area contributed by atoms with Gasteiger partial charge in [0, 0.05) is 23.3 Å². The number of hydrogen-bond donors (Lipinski definition) is 1. The van der Waals surface area contributed by atoms with E-state index in [9.17, 15) is 0 Å². The fourth-order valence-electron chi connectivity index (χ4n) is 2.62. The van der Waals surface area contributed by atoms with Crippen molar-refractivity contribution in [2.45, 2.75) is 19.9 Å². The summed E-state index contributed by atoms with van der Waals surface area (Å²) in [5.74, 6) is 0. The molecule has 0 amide bonds. The number of fused-ring (bicyclic) bond motifs is 2. The lowest BCUT2D eigenvalue weighted by molar-refractivity contribution is 0.679. The van der Waals surface area contributed by atoms with Crippen LogP contribution in [0.15, 0.2) is 67.0 Å². The molecule has 2 heteroatoms. The summed E-state index contributed by atoms with van der Waals surface area (Å²) in [6.45, 7) is 4.18. The number of rotatable bonds is 0. The minimum atomic E-state index is 0.455. The SMILES string of the molecule is CC1NC=Cc2ccccc21.Cc1cc2ccccc2cn1. The number of nitrogens with one attached hydrogen (secondary N) is 1. The van der Waals surface area contributed by atoms with Gasteiger partial charge in [-0.2, -0.15) is 0 Å². The first-order valence-electron chi connectivity index (χ1n) is 7.57. The lowest BCUT2D eigenvalue weighted by Gasteiger charge is -2.19. The Labute approximate surface area is 131 Å². The molecule has 1 N–H and O–H groups in total. The number of benzene rings is 2. The van der Waals surface area contributed by atoms with E-state index in [1.807, 2.05) is 31.5 Å². The van der Waals surface area contributed by atoms with Crippen molar-refractivity contribution >= 4 is 16.8 Å². The van der Waals surface area contributed by atoms with Crippen LogP contribution in [-0.2, 0) is 0 Å². The maximum absolute atomic E-state index is 4.21. The molecule has 1 aliphatic heterocycles. The van der Waals surface area contributed by atoms with Crippen molar-refractivity contribution in [3.63, 3.8) is 0 Å². The van der Waals surface area contributed by atoms with E-state index in [2.05, 4.69) is 65.8 Å². The van der Waals surface area contributed by atoms with Gasteiger partial charge in [0.2, 0.25) is 0 Å². The van der Waals surface area contributed by atoms with E-state index in [0.717, 1.165) is 5.69 Å². The fraction of sp³-hybridized carbons (Fsp3) is 0.150. The molecule has 0 bridgehead atoms. The molecule has 0 saturated heterocycles. The van der Waals surface area contributed by atoms with Crippen molar-refractivity contribution in [2.24, 2.45) is 0 Å². The standard InChI is InChI=1S/C10H9N.C10H11N/c1-8-6-9-4-2-3-5-10(9)7-11-8;1-8-10-5-3-2-4-9(10)6-7-11-8/h2-7H,1H3;2-8,11H,1H3. The summed E-state index contributed by atoms with van der Waals surface area (Å²) in [5, 5.41) is 5.73. The number of pyridine rings is 1. The summed E-state index contributed by atoms with van der Waals surface area (Å²) in [6, 6.07) is 19.2. The molecule has 22 heavy (non-hydrogen) atoms. The average Bonchev–Trinajstić information content (AvgIpc) is 2.56. The Morgan fingerprint density at radius 3 is 2.50 bits per heavy atom. The first kappa shape index (κ1) is 14.3. The molecule has 0 radical (unpaired) electrons. The second-order valence-electron chi connectivity index (χ2n) is 5.52. The van der Waals surface area contributed by atoms with Gasteiger partial charge in [0.05, 0.1) is 0 Å². The second-order valence-corrected chi connectivity index (χ2v) is 5.52. The molecule has 2 heterocycles. The highest BCUT2D eigenvalue weighted by molar-refractivity contribution is 5.81. The van der Waals surface area contributed by atoms with Crippen LogP contribution in [0.2, 0.25) is 0 Å². The highest BCUT2D eigenvalue weighted by Crippen LogP contribution is 2.21. The molecule has 3 aromatic rings. The summed E-state index contributed by atoms with van der Waals surface area (Å²) in [6.07, 6.45) is 6.02. The summed E-state index contributed by atoms with van der Waals surface area (Å²) >= 11 is 0. The smallest absolute Gasteiger partial charge is 0.0486 e. The number of nitrogens with zero attached hydrogens (tertiary/aromatic N) is 1. The highest BCUT2D eigenvalue weighted by atomic mass is 14.9. The Hall–Kier alpha value is -2.61. The Kier molecular flexibility index (Phi) is 4.19. The minimum absolute atomic E-state index is 0.455. The van der Waals surface area contributed by atoms with Crippen molar-refractivity contribution in [3.05, 3.63) is 83.8 Å². The molecule has 2 nitrogen and oxygen atoms in total. The van der Waals surface area contributed by atoms with E-state index in [0.29, 0.717) is 6.04 Å². The molecule has 4 rings (SSSR count). The summed E-state index contributed by atoms with van der Waals surface area (Å²) in [4.78, 5) is 4.21. The molecule has 110 valence electrons. The predicted molar refractivity (Wildman–Crippen MR) is 93.5 cm³/mol. The van der Waals surface area contributed by atoms with E-state index in [4.69, 9.17) is 0 Å². The van der Waals surface area contributed by atoms with Crippen molar-refractivity contribution in [3.8, 4) is 0 Å². The molecule has 0 spiro atoms. The van der Waals surface area contributed by atoms with Gasteiger partial charge in [0.25, 0.3) is 0 Å². The van der Waals surface area contributed by atoms with Gasteiger partial charge in [-0.25, -0.2) is 0 Å². The Bertz CT molecular complexity index is 805. The summed E-state index contributed by atoms with van der Waals surface area (Å²) in [5.41, 5.74) is 3.79. The van der Waals surface area contributed by atoms with Gasteiger partial charge in [0.15, 0.2) is 0 Å². The van der Waals surface area contributed by atoms with Crippen LogP contribution in [0.1, 0.15) is 29.8 Å². The quantitative estimate of drug-likeness (QED) is 0.638. The van der Waals surface area contributed by atoms with Crippen LogP contribution in [0, 0.1) is 6.92 Å². The van der Waals surface area contributed by atoms with Gasteiger partial charge in [-0.1, -0.05) is 48.5 Å². The average molecular weight is 288 g/mol. The molecular weight excluding hydrogens is 268 g/mol. The van der Waals surface area contributed by atoms with Crippen LogP contribution >= 0.6 is 0 Å². The van der Waals surface area contributed by atoms with Crippen molar-refractivity contribution in [1.29, 1.82) is 0 Å². The Morgan fingerprint density at radius 2 is 1.68 bits per heavy atom. The van der Waals surface area contributed by atoms with E-state index < -0.39 is 0 Å². The zero-order chi connectivity index (χ0) is 15.4. The molecule has 1 atom stereocenters. The van der Waals surface area contributed by atoms with Crippen molar-refractivity contribution in [2.75, 3.05) is 0 Å². The molecule has 0 fully saturated rings. The molecule has 1 unspecified atom stereocenters. The van der Waals surface area contributed by atoms with Gasteiger partial charge in [-0.05, 0) is 48.7 Å². The van der Waals surface area contributed by atoms with E-state index >= 15 is 0 Å². The number of aromatic nitrogens is 1. The maximum Gasteiger partial charge on any atom is 0.0486 e. The van der Waals surface area contributed by atoms with Crippen LogP contribution in [-0.4, -0.2) is 4.98 Å². The monoisotopic (exact) mass is 288 g/mol. The molecule has 1 aromatic heterocycles. The van der Waals surface area contributed by atoms with Gasteiger partial charge < -0.3 is 5.32 Å². The van der Waals surface area contributed by atoms with Crippen molar-refractivity contribution < 1.29 is 0 Å². The van der Waals surface area contributed by atoms with Gasteiger partial charge in [-0.3, -0.25) is 4.98 Å². The zero-order valence-corrected chi connectivity index (χ0v) is 13.0. The van der Waals surface area contributed by atoms with Crippen LogP contribution in [0.3, 0.4) is 0 Å². The van der Waals surface area contributed by atoms with Gasteiger partial charge >= 0.3 is 0 Å². The normalized spacial score (nSPS) is 15.5. The molecule has 2 aromatic carbocycles. The van der Waals surface area contributed by atoms with Crippen LogP contribution < -0.4 is 5.32 Å². The zero-order valence-electron chi connectivity index (χ0n) is 13.0. The maximum atomic E-state index is 4.21. The first-order chi connectivity index (χ1) is 10.7. The third-order valence-corrected chi connectivity index (χ3v) is 3.84. The topological polar surface area (TPSA) is 24.9 Å². The number of hydrogen-bond acceptors (Lipinski definition) is 2. The van der Waals surface area contributed by atoms with E-state index in [1.165, 1.54) is 21.9 Å². The minimum Gasteiger partial charge on any atom is -0.384 e. The fourth-order valence-corrected chi connectivity index (χ4v) is 2.62. The Balaban J connectivity index is 0.000000131. The predicted octanol–water partition coefficient (Wildman–Crippen LogP) is 4.86. The summed E-state index contributed by atoms with van der Waals surface area (Å²) < 4.78 is 0. The van der Waals surface area contributed by atoms with Crippen molar-refractivity contribution in [1.82, 2.24) is 10.3 Å². The highest BCUT2D eigenvalue weighted by Gasteiger charge is 2.09. The molecular formula is C20H20N2. The number of aryl methyl sites for hydroxylation is 1. The van der Waals surface area contributed by atoms with E-state index in [-0.39, 0.29) is 0 Å². The third-order valence-electron chi connectivity index (χ3n) is 3.84. The molecule has 0 saturated carbocycles.